The molecule has 1 aromatic rings. The first-order valence-electron chi connectivity index (χ1n) is 8.32. The van der Waals surface area contributed by atoms with E-state index in [-0.39, 0.29) is 17.7 Å². The van der Waals surface area contributed by atoms with Gasteiger partial charge in [-0.1, -0.05) is 24.3 Å². The van der Waals surface area contributed by atoms with Crippen LogP contribution in [0.4, 0.5) is 0 Å². The van der Waals surface area contributed by atoms with Crippen molar-refractivity contribution in [2.24, 2.45) is 0 Å². The highest BCUT2D eigenvalue weighted by molar-refractivity contribution is 5.97. The van der Waals surface area contributed by atoms with E-state index in [4.69, 9.17) is 9.47 Å². The summed E-state index contributed by atoms with van der Waals surface area (Å²) in [6.07, 6.45) is 2.00. The molecule has 0 bridgehead atoms. The number of ether oxygens (including phenoxy) is 2. The highest BCUT2D eigenvalue weighted by Crippen LogP contribution is 2.30. The van der Waals surface area contributed by atoms with Crippen LogP contribution in [0.1, 0.15) is 35.7 Å². The third-order valence-corrected chi connectivity index (χ3v) is 4.09. The number of benzene rings is 1. The lowest BCUT2D eigenvalue weighted by molar-refractivity contribution is -0.0394. The quantitative estimate of drug-likeness (QED) is 0.439. The summed E-state index contributed by atoms with van der Waals surface area (Å²) < 4.78 is 10.4. The molecular weight excluding hydrogens is 340 g/mol. The van der Waals surface area contributed by atoms with Crippen LogP contribution in [0.3, 0.4) is 0 Å². The van der Waals surface area contributed by atoms with Crippen LogP contribution in [0, 0.1) is 0 Å². The number of methoxy groups -OCH3 is 1. The van der Waals surface area contributed by atoms with E-state index in [0.717, 1.165) is 0 Å². The van der Waals surface area contributed by atoms with Gasteiger partial charge in [-0.25, -0.2) is 4.79 Å². The van der Waals surface area contributed by atoms with E-state index in [9.17, 15) is 25.2 Å². The van der Waals surface area contributed by atoms with Gasteiger partial charge >= 0.3 is 5.97 Å². The fourth-order valence-electron chi connectivity index (χ4n) is 2.61. The second-order valence-corrected chi connectivity index (χ2v) is 6.18. The molecule has 0 radical (unpaired) electrons. The maximum Gasteiger partial charge on any atom is 0.342 e. The van der Waals surface area contributed by atoms with E-state index in [2.05, 4.69) is 0 Å². The predicted molar refractivity (Wildman–Crippen MR) is 95.0 cm³/mol. The summed E-state index contributed by atoms with van der Waals surface area (Å²) in [6, 6.07) is 2.87. The molecule has 4 N–H and O–H groups in total. The summed E-state index contributed by atoms with van der Waals surface area (Å²) in [5, 5.41) is 40.0. The van der Waals surface area contributed by atoms with Crippen molar-refractivity contribution in [2.75, 3.05) is 7.11 Å². The maximum absolute atomic E-state index is 12.5. The Hall–Kier alpha value is -2.35. The van der Waals surface area contributed by atoms with Crippen LogP contribution in [0.5, 0.6) is 11.5 Å². The number of esters is 1. The second-order valence-electron chi connectivity index (χ2n) is 6.18. The molecule has 7 nitrogen and oxygen atoms in total. The van der Waals surface area contributed by atoms with Crippen LogP contribution in [0.15, 0.2) is 30.4 Å². The molecule has 1 aliphatic heterocycles. The van der Waals surface area contributed by atoms with Gasteiger partial charge < -0.3 is 29.9 Å². The molecule has 0 aromatic heterocycles. The number of carbonyl (C=O) groups is 1. The fraction of sp³-hybridized carbons (Fsp3) is 0.421. The smallest absolute Gasteiger partial charge is 0.342 e. The number of aromatic hydroxyl groups is 1. The number of rotatable bonds is 1. The van der Waals surface area contributed by atoms with Crippen molar-refractivity contribution in [3.63, 3.8) is 0 Å². The van der Waals surface area contributed by atoms with Gasteiger partial charge in [0.2, 0.25) is 0 Å². The van der Waals surface area contributed by atoms with E-state index in [1.807, 2.05) is 0 Å². The van der Waals surface area contributed by atoms with Gasteiger partial charge in [0.25, 0.3) is 0 Å². The highest BCUT2D eigenvalue weighted by Gasteiger charge is 2.23. The summed E-state index contributed by atoms with van der Waals surface area (Å²) in [4.78, 5) is 12.5. The highest BCUT2D eigenvalue weighted by atomic mass is 16.5. The van der Waals surface area contributed by atoms with Crippen LogP contribution >= 0.6 is 0 Å². The standard InChI is InChI=1S/C19H24O7/c1-11-5-3-7-14(20)18(23)15(21)8-4-6-12-9-13(25-2)10-16(22)17(12)19(24)26-11/h3-4,6-7,9-11,14-15,18,20-23H,5,8H2,1-2H3/b6-4+,7-3-/t11-,14+,15+,18+/m0/s1. The van der Waals surface area contributed by atoms with E-state index in [1.54, 1.807) is 19.1 Å². The molecule has 0 unspecified atom stereocenters. The minimum Gasteiger partial charge on any atom is -0.507 e. The molecule has 0 saturated carbocycles. The molecular formula is C19H24O7. The van der Waals surface area contributed by atoms with Crippen LogP contribution < -0.4 is 4.74 Å². The molecule has 1 heterocycles. The molecule has 0 saturated heterocycles. The zero-order chi connectivity index (χ0) is 19.3. The average molecular weight is 364 g/mol. The first-order chi connectivity index (χ1) is 12.3. The number of hydrogen-bond acceptors (Lipinski definition) is 7. The van der Waals surface area contributed by atoms with Gasteiger partial charge in [-0.3, -0.25) is 0 Å². The lowest BCUT2D eigenvalue weighted by Gasteiger charge is -2.20. The minimum atomic E-state index is -1.35. The van der Waals surface area contributed by atoms with Crippen molar-refractivity contribution in [1.82, 2.24) is 0 Å². The molecule has 7 heteroatoms. The van der Waals surface area contributed by atoms with Crippen molar-refractivity contribution >= 4 is 12.0 Å². The Bertz CT molecular complexity index is 695. The van der Waals surface area contributed by atoms with Gasteiger partial charge in [0.1, 0.15) is 35.4 Å². The summed E-state index contributed by atoms with van der Waals surface area (Å²) in [5.74, 6) is -0.615. The Balaban J connectivity index is 2.44. The molecule has 1 aromatic carbocycles. The Kier molecular flexibility index (Phi) is 6.79. The minimum absolute atomic E-state index is 0.00925. The van der Waals surface area contributed by atoms with Crippen LogP contribution in [-0.2, 0) is 4.74 Å². The molecule has 0 amide bonds. The number of phenolic OH excluding ortho intramolecular Hbond substituents is 1. The van der Waals surface area contributed by atoms with Gasteiger partial charge in [0.05, 0.1) is 13.2 Å². The zero-order valence-electron chi connectivity index (χ0n) is 14.7. The molecule has 0 spiro atoms. The zero-order valence-corrected chi connectivity index (χ0v) is 14.7. The third kappa shape index (κ3) is 4.85. The number of carbonyl (C=O) groups excluding carboxylic acids is 1. The van der Waals surface area contributed by atoms with Gasteiger partial charge in [-0.2, -0.15) is 0 Å². The largest absolute Gasteiger partial charge is 0.507 e. The number of phenols is 1. The lowest BCUT2D eigenvalue weighted by atomic mass is 10.0. The fourth-order valence-corrected chi connectivity index (χ4v) is 2.61. The Labute approximate surface area is 151 Å². The monoisotopic (exact) mass is 364 g/mol. The summed E-state index contributed by atoms with van der Waals surface area (Å²) in [5.41, 5.74) is 0.346. The third-order valence-electron chi connectivity index (χ3n) is 4.09. The van der Waals surface area contributed by atoms with E-state index < -0.39 is 30.4 Å². The van der Waals surface area contributed by atoms with Gasteiger partial charge in [-0.15, -0.1) is 0 Å². The lowest BCUT2D eigenvalue weighted by Crippen LogP contribution is -2.35. The molecule has 4 atom stereocenters. The van der Waals surface area contributed by atoms with E-state index in [0.29, 0.717) is 17.7 Å². The Morgan fingerprint density at radius 1 is 1.15 bits per heavy atom. The van der Waals surface area contributed by atoms with Crippen molar-refractivity contribution in [2.45, 2.75) is 44.2 Å². The maximum atomic E-state index is 12.5. The summed E-state index contributed by atoms with van der Waals surface area (Å²) in [7, 11) is 1.43. The van der Waals surface area contributed by atoms with Gasteiger partial charge in [-0.05, 0) is 25.0 Å². The predicted octanol–water partition coefficient (Wildman–Crippen LogP) is 1.39. The van der Waals surface area contributed by atoms with Crippen LogP contribution in [-0.4, -0.2) is 57.9 Å². The summed E-state index contributed by atoms with van der Waals surface area (Å²) >= 11 is 0. The molecule has 0 fully saturated rings. The molecule has 26 heavy (non-hydrogen) atoms. The number of fused-ring (bicyclic) bond motifs is 1. The average Bonchev–Trinajstić information content (AvgIpc) is 2.59. The SMILES string of the molecule is COc1cc(O)c2c(c1)/C=C/C[C@@H](O)[C@H](O)[C@H](O)/C=C\C[C@H](C)OC2=O. The first-order valence-corrected chi connectivity index (χ1v) is 8.32. The van der Waals surface area contributed by atoms with Crippen molar-refractivity contribution in [1.29, 1.82) is 0 Å². The molecule has 0 aliphatic carbocycles. The van der Waals surface area contributed by atoms with Gasteiger partial charge in [0.15, 0.2) is 0 Å². The van der Waals surface area contributed by atoms with E-state index >= 15 is 0 Å². The molecule has 142 valence electrons. The van der Waals surface area contributed by atoms with E-state index in [1.165, 1.54) is 31.4 Å². The van der Waals surface area contributed by atoms with Crippen LogP contribution in [0.25, 0.3) is 6.08 Å². The van der Waals surface area contributed by atoms with Crippen molar-refractivity contribution < 1.29 is 34.7 Å². The Morgan fingerprint density at radius 3 is 2.58 bits per heavy atom. The second kappa shape index (κ2) is 8.84. The number of aliphatic hydroxyl groups is 3. The summed E-state index contributed by atoms with van der Waals surface area (Å²) in [6.45, 7) is 1.67. The number of aliphatic hydroxyl groups excluding tert-OH is 3. The van der Waals surface area contributed by atoms with Crippen molar-refractivity contribution in [3.05, 3.63) is 41.5 Å². The van der Waals surface area contributed by atoms with Crippen molar-refractivity contribution in [3.8, 4) is 11.5 Å². The molecule has 1 aliphatic rings. The topological polar surface area (TPSA) is 116 Å². The van der Waals surface area contributed by atoms with Crippen LogP contribution in [0.2, 0.25) is 0 Å². The normalized spacial score (nSPS) is 29.8. The van der Waals surface area contributed by atoms with Gasteiger partial charge in [0, 0.05) is 12.5 Å². The number of hydrogen-bond donors (Lipinski definition) is 4. The first kappa shape index (κ1) is 20.0. The number of cyclic esters (lactones) is 1. The Morgan fingerprint density at radius 2 is 1.88 bits per heavy atom. The molecule has 2 rings (SSSR count).